The summed E-state index contributed by atoms with van der Waals surface area (Å²) in [4.78, 5) is 11.4. The van der Waals surface area contributed by atoms with Crippen LogP contribution in [0.4, 0.5) is 0 Å². The Labute approximate surface area is 104 Å². The molecule has 1 amide bonds. The van der Waals surface area contributed by atoms with E-state index in [0.29, 0.717) is 19.4 Å². The summed E-state index contributed by atoms with van der Waals surface area (Å²) in [6.07, 6.45) is 0.670. The average molecular weight is 286 g/mol. The van der Waals surface area contributed by atoms with E-state index in [1.165, 1.54) is 0 Å². The fourth-order valence-electron chi connectivity index (χ4n) is 1.30. The molecule has 0 radical (unpaired) electrons. The molecule has 2 N–H and O–H groups in total. The van der Waals surface area contributed by atoms with E-state index >= 15 is 0 Å². The molecule has 0 bridgehead atoms. The number of carbonyl (C=O) groups is 1. The minimum atomic E-state index is -0.491. The van der Waals surface area contributed by atoms with Crippen molar-refractivity contribution in [2.75, 3.05) is 6.54 Å². The third kappa shape index (κ3) is 5.28. The molecule has 0 fully saturated rings. The van der Waals surface area contributed by atoms with Gasteiger partial charge in [-0.2, -0.15) is 0 Å². The maximum atomic E-state index is 11.4. The van der Waals surface area contributed by atoms with Gasteiger partial charge in [0.2, 0.25) is 5.91 Å². The van der Waals surface area contributed by atoms with Crippen LogP contribution in [0, 0.1) is 0 Å². The molecule has 1 rings (SSSR count). The number of halogens is 1. The highest BCUT2D eigenvalue weighted by molar-refractivity contribution is 9.10. The van der Waals surface area contributed by atoms with Gasteiger partial charge in [-0.1, -0.05) is 28.1 Å². The quantitative estimate of drug-likeness (QED) is 0.868. The second-order valence-corrected chi connectivity index (χ2v) is 4.70. The number of nitrogens with one attached hydrogen (secondary N) is 1. The van der Waals surface area contributed by atoms with Gasteiger partial charge in [0.1, 0.15) is 0 Å². The van der Waals surface area contributed by atoms with E-state index < -0.39 is 6.10 Å². The lowest BCUT2D eigenvalue weighted by Crippen LogP contribution is -2.30. The first-order chi connectivity index (χ1) is 7.58. The third-order valence-corrected chi connectivity index (χ3v) is 2.62. The van der Waals surface area contributed by atoms with Crippen LogP contribution in [0.3, 0.4) is 0 Å². The zero-order chi connectivity index (χ0) is 12.0. The molecule has 0 heterocycles. The topological polar surface area (TPSA) is 49.3 Å². The Morgan fingerprint density at radius 3 is 2.94 bits per heavy atom. The number of aliphatic hydroxyl groups excluding tert-OH is 1. The molecular formula is C12H16BrNO2. The lowest BCUT2D eigenvalue weighted by Gasteiger charge is -2.07. The fraction of sp³-hybridized carbons (Fsp3) is 0.417. The van der Waals surface area contributed by atoms with Crippen LogP contribution >= 0.6 is 15.9 Å². The van der Waals surface area contributed by atoms with Gasteiger partial charge in [-0.15, -0.1) is 0 Å². The highest BCUT2D eigenvalue weighted by atomic mass is 79.9. The van der Waals surface area contributed by atoms with Crippen molar-refractivity contribution in [2.45, 2.75) is 25.9 Å². The number of aliphatic hydroxyl groups is 1. The highest BCUT2D eigenvalue weighted by Gasteiger charge is 2.03. The standard InChI is InChI=1S/C12H16BrNO2/c1-9(15)8-14-12(16)6-5-10-3-2-4-11(13)7-10/h2-4,7,9,15H,5-6,8H2,1H3,(H,14,16). The largest absolute Gasteiger partial charge is 0.392 e. The summed E-state index contributed by atoms with van der Waals surface area (Å²) in [7, 11) is 0. The van der Waals surface area contributed by atoms with Crippen LogP contribution in [0.1, 0.15) is 18.9 Å². The normalized spacial score (nSPS) is 12.2. The zero-order valence-electron chi connectivity index (χ0n) is 9.24. The summed E-state index contributed by atoms with van der Waals surface area (Å²) < 4.78 is 1.02. The van der Waals surface area contributed by atoms with Crippen LogP contribution in [0.2, 0.25) is 0 Å². The minimum absolute atomic E-state index is 0.0270. The molecule has 88 valence electrons. The van der Waals surface area contributed by atoms with Crippen molar-refractivity contribution in [3.8, 4) is 0 Å². The lowest BCUT2D eigenvalue weighted by molar-refractivity contribution is -0.121. The van der Waals surface area contributed by atoms with Crippen LogP contribution < -0.4 is 5.32 Å². The Hall–Kier alpha value is -0.870. The fourth-order valence-corrected chi connectivity index (χ4v) is 1.75. The van der Waals surface area contributed by atoms with E-state index in [1.54, 1.807) is 6.92 Å². The maximum Gasteiger partial charge on any atom is 0.220 e. The molecule has 1 aromatic rings. The van der Waals surface area contributed by atoms with Crippen LogP contribution in [-0.2, 0) is 11.2 Å². The predicted molar refractivity (Wildman–Crippen MR) is 67.2 cm³/mol. The second-order valence-electron chi connectivity index (χ2n) is 3.78. The lowest BCUT2D eigenvalue weighted by atomic mass is 10.1. The monoisotopic (exact) mass is 285 g/mol. The van der Waals surface area contributed by atoms with Gasteiger partial charge in [0.05, 0.1) is 6.10 Å². The van der Waals surface area contributed by atoms with Crippen molar-refractivity contribution >= 4 is 21.8 Å². The van der Waals surface area contributed by atoms with E-state index in [4.69, 9.17) is 5.11 Å². The van der Waals surface area contributed by atoms with Gasteiger partial charge in [-0.25, -0.2) is 0 Å². The number of amides is 1. The first-order valence-corrected chi connectivity index (χ1v) is 6.06. The van der Waals surface area contributed by atoms with Crippen LogP contribution in [-0.4, -0.2) is 23.7 Å². The van der Waals surface area contributed by atoms with Crippen molar-refractivity contribution in [2.24, 2.45) is 0 Å². The summed E-state index contributed by atoms with van der Waals surface area (Å²) >= 11 is 3.39. The van der Waals surface area contributed by atoms with Gasteiger partial charge in [-0.05, 0) is 31.0 Å². The molecule has 0 aromatic heterocycles. The second kappa shape index (κ2) is 6.66. The molecule has 1 atom stereocenters. The zero-order valence-corrected chi connectivity index (χ0v) is 10.8. The predicted octanol–water partition coefficient (Wildman–Crippen LogP) is 1.88. The summed E-state index contributed by atoms with van der Waals surface area (Å²) in [6, 6.07) is 7.90. The van der Waals surface area contributed by atoms with E-state index in [-0.39, 0.29) is 5.91 Å². The summed E-state index contributed by atoms with van der Waals surface area (Å²) in [5.41, 5.74) is 1.13. The highest BCUT2D eigenvalue weighted by Crippen LogP contribution is 2.12. The molecule has 1 unspecified atom stereocenters. The van der Waals surface area contributed by atoms with Crippen LogP contribution in [0.15, 0.2) is 28.7 Å². The van der Waals surface area contributed by atoms with Crippen molar-refractivity contribution in [3.63, 3.8) is 0 Å². The SMILES string of the molecule is CC(O)CNC(=O)CCc1cccc(Br)c1. The molecule has 4 heteroatoms. The molecule has 3 nitrogen and oxygen atoms in total. The van der Waals surface area contributed by atoms with Gasteiger partial charge >= 0.3 is 0 Å². The van der Waals surface area contributed by atoms with Crippen LogP contribution in [0.5, 0.6) is 0 Å². The van der Waals surface area contributed by atoms with Gasteiger partial charge in [0.15, 0.2) is 0 Å². The molecule has 0 saturated carbocycles. The Bertz CT molecular complexity index is 353. The molecule has 1 aromatic carbocycles. The number of rotatable bonds is 5. The van der Waals surface area contributed by atoms with Gasteiger partial charge in [0.25, 0.3) is 0 Å². The number of aryl methyl sites for hydroxylation is 1. The Kier molecular flexibility index (Phi) is 5.49. The smallest absolute Gasteiger partial charge is 0.220 e. The number of carbonyl (C=O) groups excluding carboxylic acids is 1. The van der Waals surface area contributed by atoms with Gasteiger partial charge in [-0.3, -0.25) is 4.79 Å². The Morgan fingerprint density at radius 2 is 2.31 bits per heavy atom. The first-order valence-electron chi connectivity index (χ1n) is 5.27. The Morgan fingerprint density at radius 1 is 1.56 bits per heavy atom. The molecule has 16 heavy (non-hydrogen) atoms. The van der Waals surface area contributed by atoms with Gasteiger partial charge < -0.3 is 10.4 Å². The van der Waals surface area contributed by atoms with E-state index in [2.05, 4.69) is 21.2 Å². The molecule has 0 aliphatic carbocycles. The molecule has 0 aliphatic rings. The summed E-state index contributed by atoms with van der Waals surface area (Å²) in [6.45, 7) is 1.96. The first kappa shape index (κ1) is 13.2. The molecule has 0 aliphatic heterocycles. The summed E-state index contributed by atoms with van der Waals surface area (Å²) in [5, 5.41) is 11.7. The maximum absolute atomic E-state index is 11.4. The van der Waals surface area contributed by atoms with Crippen molar-refractivity contribution in [1.82, 2.24) is 5.32 Å². The van der Waals surface area contributed by atoms with Gasteiger partial charge in [0, 0.05) is 17.4 Å². The third-order valence-electron chi connectivity index (χ3n) is 2.12. The van der Waals surface area contributed by atoms with E-state index in [0.717, 1.165) is 10.0 Å². The number of benzene rings is 1. The molecule has 0 saturated heterocycles. The minimum Gasteiger partial charge on any atom is -0.392 e. The van der Waals surface area contributed by atoms with Crippen molar-refractivity contribution in [3.05, 3.63) is 34.3 Å². The molecular weight excluding hydrogens is 270 g/mol. The average Bonchev–Trinajstić information content (AvgIpc) is 2.23. The Balaban J connectivity index is 2.31. The van der Waals surface area contributed by atoms with Crippen molar-refractivity contribution < 1.29 is 9.90 Å². The number of hydrogen-bond donors (Lipinski definition) is 2. The number of hydrogen-bond acceptors (Lipinski definition) is 2. The van der Waals surface area contributed by atoms with E-state index in [1.807, 2.05) is 24.3 Å². The van der Waals surface area contributed by atoms with Crippen molar-refractivity contribution in [1.29, 1.82) is 0 Å². The molecule has 0 spiro atoms. The van der Waals surface area contributed by atoms with E-state index in [9.17, 15) is 4.79 Å². The summed E-state index contributed by atoms with van der Waals surface area (Å²) in [5.74, 6) is -0.0270. The van der Waals surface area contributed by atoms with Crippen LogP contribution in [0.25, 0.3) is 0 Å².